The fraction of sp³-hybridized carbons (Fsp3) is 0.867. The predicted molar refractivity (Wildman–Crippen MR) is 76.2 cm³/mol. The first-order valence-electron chi connectivity index (χ1n) is 7.86. The van der Waals surface area contributed by atoms with Gasteiger partial charge in [-0.2, -0.15) is 0 Å². The van der Waals surface area contributed by atoms with Crippen LogP contribution >= 0.6 is 0 Å². The van der Waals surface area contributed by atoms with E-state index in [-0.39, 0.29) is 17.9 Å². The Bertz CT molecular complexity index is 322. The van der Waals surface area contributed by atoms with E-state index in [0.29, 0.717) is 25.3 Å². The molecule has 2 aliphatic heterocycles. The number of hydrogen-bond donors (Lipinski definition) is 1. The summed E-state index contributed by atoms with van der Waals surface area (Å²) in [6.07, 6.45) is 4.74. The molecule has 2 fully saturated rings. The average molecular weight is 282 g/mol. The Balaban J connectivity index is 2.00. The molecule has 0 aromatic carbocycles. The SMILES string of the molecule is CCCNC(CN1C(=O)CCCCC1=O)C1CCOC1. The Morgan fingerprint density at radius 3 is 2.55 bits per heavy atom. The molecule has 0 aromatic heterocycles. The number of ether oxygens (including phenoxy) is 1. The van der Waals surface area contributed by atoms with E-state index in [4.69, 9.17) is 4.74 Å². The molecule has 2 saturated heterocycles. The van der Waals surface area contributed by atoms with Crippen LogP contribution in [0.15, 0.2) is 0 Å². The molecule has 0 aromatic rings. The van der Waals surface area contributed by atoms with Gasteiger partial charge in [-0.3, -0.25) is 14.5 Å². The molecule has 5 nitrogen and oxygen atoms in total. The van der Waals surface area contributed by atoms with Crippen molar-refractivity contribution in [2.75, 3.05) is 26.3 Å². The number of nitrogens with one attached hydrogen (secondary N) is 1. The molecular formula is C15H26N2O3. The molecule has 0 aliphatic carbocycles. The molecule has 2 rings (SSSR count). The molecule has 0 bridgehead atoms. The number of nitrogens with zero attached hydrogens (tertiary/aromatic N) is 1. The summed E-state index contributed by atoms with van der Waals surface area (Å²) in [6.45, 7) is 5.06. The van der Waals surface area contributed by atoms with Crippen molar-refractivity contribution >= 4 is 11.8 Å². The molecule has 0 radical (unpaired) electrons. The van der Waals surface area contributed by atoms with Crippen molar-refractivity contribution < 1.29 is 14.3 Å². The molecule has 2 aliphatic rings. The largest absolute Gasteiger partial charge is 0.381 e. The van der Waals surface area contributed by atoms with Crippen molar-refractivity contribution in [3.8, 4) is 0 Å². The predicted octanol–water partition coefficient (Wildman–Crippen LogP) is 1.32. The van der Waals surface area contributed by atoms with Crippen molar-refractivity contribution in [2.45, 2.75) is 51.5 Å². The van der Waals surface area contributed by atoms with Gasteiger partial charge >= 0.3 is 0 Å². The number of carbonyl (C=O) groups excluding carboxylic acids is 2. The van der Waals surface area contributed by atoms with Gasteiger partial charge in [0.2, 0.25) is 11.8 Å². The fourth-order valence-electron chi connectivity index (χ4n) is 2.94. The van der Waals surface area contributed by atoms with Crippen LogP contribution in [0.1, 0.15) is 45.4 Å². The number of hydrogen-bond acceptors (Lipinski definition) is 4. The third kappa shape index (κ3) is 4.03. The molecule has 2 amide bonds. The van der Waals surface area contributed by atoms with Gasteiger partial charge in [0.25, 0.3) is 0 Å². The third-order valence-electron chi connectivity index (χ3n) is 4.20. The van der Waals surface area contributed by atoms with E-state index in [1.54, 1.807) is 0 Å². The highest BCUT2D eigenvalue weighted by Crippen LogP contribution is 2.20. The van der Waals surface area contributed by atoms with Crippen LogP contribution in [0.5, 0.6) is 0 Å². The van der Waals surface area contributed by atoms with E-state index in [1.807, 2.05) is 0 Å². The molecule has 2 heterocycles. The van der Waals surface area contributed by atoms with Crippen molar-refractivity contribution in [1.82, 2.24) is 10.2 Å². The topological polar surface area (TPSA) is 58.6 Å². The highest BCUT2D eigenvalue weighted by atomic mass is 16.5. The van der Waals surface area contributed by atoms with E-state index in [0.717, 1.165) is 45.4 Å². The summed E-state index contributed by atoms with van der Waals surface area (Å²) in [6, 6.07) is 0.170. The number of rotatable bonds is 6. The summed E-state index contributed by atoms with van der Waals surface area (Å²) in [5.41, 5.74) is 0. The van der Waals surface area contributed by atoms with Gasteiger partial charge in [-0.15, -0.1) is 0 Å². The molecule has 2 atom stereocenters. The van der Waals surface area contributed by atoms with Gasteiger partial charge in [-0.05, 0) is 32.2 Å². The lowest BCUT2D eigenvalue weighted by Gasteiger charge is -2.29. The zero-order chi connectivity index (χ0) is 14.4. The third-order valence-corrected chi connectivity index (χ3v) is 4.20. The van der Waals surface area contributed by atoms with Crippen LogP contribution in [0.25, 0.3) is 0 Å². The minimum Gasteiger partial charge on any atom is -0.381 e. The van der Waals surface area contributed by atoms with Crippen LogP contribution in [0.2, 0.25) is 0 Å². The summed E-state index contributed by atoms with van der Waals surface area (Å²) < 4.78 is 5.46. The molecule has 2 unspecified atom stereocenters. The molecule has 5 heteroatoms. The lowest BCUT2D eigenvalue weighted by Crippen LogP contribution is -2.49. The zero-order valence-electron chi connectivity index (χ0n) is 12.4. The summed E-state index contributed by atoms with van der Waals surface area (Å²) in [5, 5.41) is 3.49. The van der Waals surface area contributed by atoms with Crippen LogP contribution in [0, 0.1) is 5.92 Å². The first-order valence-corrected chi connectivity index (χ1v) is 7.86. The zero-order valence-corrected chi connectivity index (χ0v) is 12.4. The molecule has 0 spiro atoms. The molecular weight excluding hydrogens is 256 g/mol. The summed E-state index contributed by atoms with van der Waals surface area (Å²) in [5.74, 6) is 0.398. The average Bonchev–Trinajstić information content (AvgIpc) is 2.92. The van der Waals surface area contributed by atoms with Gasteiger partial charge < -0.3 is 10.1 Å². The maximum absolute atomic E-state index is 12.1. The van der Waals surface area contributed by atoms with Gasteiger partial charge in [0, 0.05) is 38.0 Å². The Hall–Kier alpha value is -0.940. The van der Waals surface area contributed by atoms with Gasteiger partial charge in [-0.25, -0.2) is 0 Å². The van der Waals surface area contributed by atoms with Crippen molar-refractivity contribution in [3.05, 3.63) is 0 Å². The van der Waals surface area contributed by atoms with Crippen molar-refractivity contribution in [3.63, 3.8) is 0 Å². The van der Waals surface area contributed by atoms with Crippen LogP contribution in [-0.4, -0.2) is 49.1 Å². The number of amides is 2. The maximum atomic E-state index is 12.1. The first kappa shape index (κ1) is 15.4. The smallest absolute Gasteiger partial charge is 0.229 e. The molecule has 0 saturated carbocycles. The minimum atomic E-state index is -0.00489. The van der Waals surface area contributed by atoms with Crippen LogP contribution < -0.4 is 5.32 Å². The molecule has 1 N–H and O–H groups in total. The second kappa shape index (κ2) is 7.74. The van der Waals surface area contributed by atoms with E-state index in [2.05, 4.69) is 12.2 Å². The fourth-order valence-corrected chi connectivity index (χ4v) is 2.94. The van der Waals surface area contributed by atoms with Gasteiger partial charge in [0.15, 0.2) is 0 Å². The molecule has 20 heavy (non-hydrogen) atoms. The quantitative estimate of drug-likeness (QED) is 0.747. The number of carbonyl (C=O) groups is 2. The van der Waals surface area contributed by atoms with E-state index in [1.165, 1.54) is 4.90 Å². The number of likely N-dealkylation sites (tertiary alicyclic amines) is 1. The normalized spacial score (nSPS) is 25.9. The van der Waals surface area contributed by atoms with Crippen LogP contribution in [0.4, 0.5) is 0 Å². The summed E-state index contributed by atoms with van der Waals surface area (Å²) >= 11 is 0. The maximum Gasteiger partial charge on any atom is 0.229 e. The Labute approximate surface area is 121 Å². The van der Waals surface area contributed by atoms with E-state index in [9.17, 15) is 9.59 Å². The number of imide groups is 1. The second-order valence-corrected chi connectivity index (χ2v) is 5.79. The van der Waals surface area contributed by atoms with Crippen LogP contribution in [0.3, 0.4) is 0 Å². The Morgan fingerprint density at radius 2 is 2.00 bits per heavy atom. The standard InChI is InChI=1S/C15H26N2O3/c1-2-8-16-13(12-7-9-20-11-12)10-17-14(18)5-3-4-6-15(17)19/h12-13,16H,2-11H2,1H3. The Kier molecular flexibility index (Phi) is 5.98. The monoisotopic (exact) mass is 282 g/mol. The van der Waals surface area contributed by atoms with Crippen molar-refractivity contribution in [2.24, 2.45) is 5.92 Å². The molecule has 114 valence electrons. The Morgan fingerprint density at radius 1 is 1.30 bits per heavy atom. The van der Waals surface area contributed by atoms with Gasteiger partial charge in [0.05, 0.1) is 6.61 Å². The summed E-state index contributed by atoms with van der Waals surface area (Å²) in [4.78, 5) is 25.7. The lowest BCUT2D eigenvalue weighted by atomic mass is 9.98. The summed E-state index contributed by atoms with van der Waals surface area (Å²) in [7, 11) is 0. The second-order valence-electron chi connectivity index (χ2n) is 5.79. The van der Waals surface area contributed by atoms with Crippen molar-refractivity contribution in [1.29, 1.82) is 0 Å². The van der Waals surface area contributed by atoms with Crippen LogP contribution in [-0.2, 0) is 14.3 Å². The van der Waals surface area contributed by atoms with Gasteiger partial charge in [-0.1, -0.05) is 6.92 Å². The van der Waals surface area contributed by atoms with E-state index >= 15 is 0 Å². The minimum absolute atomic E-state index is 0.00489. The lowest BCUT2D eigenvalue weighted by molar-refractivity contribution is -0.144. The van der Waals surface area contributed by atoms with Gasteiger partial charge in [0.1, 0.15) is 0 Å². The highest BCUT2D eigenvalue weighted by molar-refractivity contribution is 5.96. The highest BCUT2D eigenvalue weighted by Gasteiger charge is 2.31. The first-order chi connectivity index (χ1) is 9.72. The van der Waals surface area contributed by atoms with E-state index < -0.39 is 0 Å².